The number of halogens is 3. The maximum Gasteiger partial charge on any atom is 0.283 e. The second kappa shape index (κ2) is 6.18. The van der Waals surface area contributed by atoms with Crippen molar-refractivity contribution in [2.75, 3.05) is 0 Å². The lowest BCUT2D eigenvalue weighted by molar-refractivity contribution is -0.125. The number of aromatic nitrogens is 2. The summed E-state index contributed by atoms with van der Waals surface area (Å²) < 4.78 is 27.7. The third-order valence-electron chi connectivity index (χ3n) is 6.97. The van der Waals surface area contributed by atoms with Gasteiger partial charge in [-0.1, -0.05) is 11.6 Å². The molecule has 0 saturated heterocycles. The lowest BCUT2D eigenvalue weighted by Gasteiger charge is -2.54. The molecule has 26 heavy (non-hydrogen) atoms. The van der Waals surface area contributed by atoms with Crippen LogP contribution in [-0.2, 0) is 11.3 Å². The van der Waals surface area contributed by atoms with Gasteiger partial charge in [0.2, 0.25) is 5.91 Å². The van der Waals surface area contributed by atoms with E-state index in [4.69, 9.17) is 11.6 Å². The average Bonchev–Trinajstić information content (AvgIpc) is 3.34. The summed E-state index contributed by atoms with van der Waals surface area (Å²) in [6, 6.07) is 0.250. The van der Waals surface area contributed by atoms with Gasteiger partial charge in [-0.3, -0.25) is 9.48 Å². The van der Waals surface area contributed by atoms with Gasteiger partial charge in [0.05, 0.1) is 10.7 Å². The van der Waals surface area contributed by atoms with Crippen LogP contribution in [0.2, 0.25) is 5.02 Å². The number of nitrogens with one attached hydrogen (secondary N) is 1. The minimum Gasteiger partial charge on any atom is -0.351 e. The zero-order chi connectivity index (χ0) is 18.0. The van der Waals surface area contributed by atoms with E-state index in [9.17, 15) is 13.6 Å². The normalized spacial score (nSPS) is 35.3. The fourth-order valence-corrected chi connectivity index (χ4v) is 6.38. The van der Waals surface area contributed by atoms with Gasteiger partial charge in [0.25, 0.3) is 6.43 Å². The number of amides is 1. The summed E-state index contributed by atoms with van der Waals surface area (Å²) in [4.78, 5) is 12.7. The van der Waals surface area contributed by atoms with E-state index in [1.807, 2.05) is 0 Å². The number of hydrogen-bond acceptors (Lipinski definition) is 2. The van der Waals surface area contributed by atoms with Gasteiger partial charge in [-0.15, -0.1) is 0 Å². The smallest absolute Gasteiger partial charge is 0.283 e. The molecule has 4 bridgehead atoms. The molecule has 1 aromatic rings. The van der Waals surface area contributed by atoms with Gasteiger partial charge in [-0.2, -0.15) is 5.10 Å². The Morgan fingerprint density at radius 2 is 1.77 bits per heavy atom. The van der Waals surface area contributed by atoms with Gasteiger partial charge in [-0.05, 0) is 68.6 Å². The van der Waals surface area contributed by atoms with Crippen LogP contribution in [0, 0.1) is 23.7 Å². The van der Waals surface area contributed by atoms with Gasteiger partial charge in [0.15, 0.2) is 0 Å². The van der Waals surface area contributed by atoms with Crippen molar-refractivity contribution in [1.82, 2.24) is 15.1 Å². The second-order valence-corrected chi connectivity index (χ2v) is 9.22. The average molecular weight is 384 g/mol. The SMILES string of the molecule is O=C(Cn1nc(C(F)F)c(Cl)c1C1CC1)NC1C2CC3CC(C2)CC1C3. The van der Waals surface area contributed by atoms with Gasteiger partial charge in [0.1, 0.15) is 12.2 Å². The lowest BCUT2D eigenvalue weighted by atomic mass is 9.54. The van der Waals surface area contributed by atoms with Crippen molar-refractivity contribution in [2.24, 2.45) is 23.7 Å². The highest BCUT2D eigenvalue weighted by Crippen LogP contribution is 2.53. The van der Waals surface area contributed by atoms with E-state index in [1.54, 1.807) is 0 Å². The highest BCUT2D eigenvalue weighted by Gasteiger charge is 2.48. The van der Waals surface area contributed by atoms with Crippen LogP contribution in [0.1, 0.15) is 68.7 Å². The van der Waals surface area contributed by atoms with Crippen molar-refractivity contribution in [3.8, 4) is 0 Å². The highest BCUT2D eigenvalue weighted by molar-refractivity contribution is 6.32. The van der Waals surface area contributed by atoms with Crippen molar-refractivity contribution in [3.05, 3.63) is 16.4 Å². The molecule has 5 aliphatic rings. The Bertz CT molecular complexity index is 703. The first-order valence-corrected chi connectivity index (χ1v) is 10.2. The zero-order valence-electron chi connectivity index (χ0n) is 14.6. The molecule has 0 aliphatic heterocycles. The van der Waals surface area contributed by atoms with Crippen molar-refractivity contribution >= 4 is 17.5 Å². The van der Waals surface area contributed by atoms with E-state index in [0.717, 1.165) is 24.7 Å². The molecular weight excluding hydrogens is 360 g/mol. The third kappa shape index (κ3) is 2.85. The fourth-order valence-electron chi connectivity index (χ4n) is 6.01. The number of hydrogen-bond donors (Lipinski definition) is 1. The Kier molecular flexibility index (Phi) is 4.03. The predicted molar refractivity (Wildman–Crippen MR) is 93.1 cm³/mol. The molecule has 0 atom stereocenters. The first-order valence-electron chi connectivity index (χ1n) is 9.83. The van der Waals surface area contributed by atoms with E-state index in [-0.39, 0.29) is 29.4 Å². The minimum absolute atomic E-state index is 0.0128. The maximum atomic E-state index is 13.2. The van der Waals surface area contributed by atoms with E-state index in [2.05, 4.69) is 10.4 Å². The summed E-state index contributed by atoms with van der Waals surface area (Å²) in [5, 5.41) is 7.24. The second-order valence-electron chi connectivity index (χ2n) is 8.84. The molecule has 5 saturated carbocycles. The molecule has 5 fully saturated rings. The minimum atomic E-state index is -2.71. The lowest BCUT2D eigenvalue weighted by Crippen LogP contribution is -2.56. The third-order valence-corrected chi connectivity index (χ3v) is 7.36. The van der Waals surface area contributed by atoms with E-state index < -0.39 is 12.1 Å². The molecular formula is C19H24ClF2N3O. The maximum absolute atomic E-state index is 13.2. The van der Waals surface area contributed by atoms with Crippen LogP contribution in [0.4, 0.5) is 8.78 Å². The van der Waals surface area contributed by atoms with Crippen molar-refractivity contribution in [3.63, 3.8) is 0 Å². The van der Waals surface area contributed by atoms with Gasteiger partial charge in [-0.25, -0.2) is 8.78 Å². The van der Waals surface area contributed by atoms with Gasteiger partial charge >= 0.3 is 0 Å². The van der Waals surface area contributed by atoms with Crippen molar-refractivity contribution in [1.29, 1.82) is 0 Å². The molecule has 5 aliphatic carbocycles. The summed E-state index contributed by atoms with van der Waals surface area (Å²) in [5.41, 5.74) is 0.221. The molecule has 1 amide bonds. The molecule has 1 heterocycles. The molecule has 0 radical (unpaired) electrons. The molecule has 0 spiro atoms. The summed E-state index contributed by atoms with van der Waals surface area (Å²) in [6.07, 6.45) is 5.43. The molecule has 7 heteroatoms. The monoisotopic (exact) mass is 383 g/mol. The molecule has 0 aromatic carbocycles. The Hall–Kier alpha value is -1.17. The fraction of sp³-hybridized carbons (Fsp3) is 0.789. The quantitative estimate of drug-likeness (QED) is 0.824. The Labute approximate surface area is 156 Å². The zero-order valence-corrected chi connectivity index (χ0v) is 15.4. The largest absolute Gasteiger partial charge is 0.351 e. The Balaban J connectivity index is 1.31. The predicted octanol–water partition coefficient (Wildman–Crippen LogP) is 4.29. The molecule has 1 aromatic heterocycles. The summed E-state index contributed by atoms with van der Waals surface area (Å²) in [7, 11) is 0. The van der Waals surface area contributed by atoms with Crippen LogP contribution in [0.25, 0.3) is 0 Å². The van der Waals surface area contributed by atoms with Gasteiger partial charge < -0.3 is 5.32 Å². The Morgan fingerprint density at radius 3 is 2.31 bits per heavy atom. The Morgan fingerprint density at radius 1 is 1.15 bits per heavy atom. The molecule has 1 N–H and O–H groups in total. The highest BCUT2D eigenvalue weighted by atomic mass is 35.5. The number of carbonyl (C=O) groups is 1. The van der Waals surface area contributed by atoms with Crippen LogP contribution in [-0.4, -0.2) is 21.7 Å². The van der Waals surface area contributed by atoms with E-state index >= 15 is 0 Å². The molecule has 6 rings (SSSR count). The molecule has 142 valence electrons. The first kappa shape index (κ1) is 17.0. The molecule has 0 unspecified atom stereocenters. The van der Waals surface area contributed by atoms with Crippen molar-refractivity contribution in [2.45, 2.75) is 69.9 Å². The standard InChI is InChI=1S/C19H24ClF2N3O/c20-15-17(19(21)22)24-25(18(15)11-1-2-11)8-14(26)23-16-12-4-9-3-10(6-12)7-13(16)5-9/h9-13,16,19H,1-8H2,(H,23,26). The first-order chi connectivity index (χ1) is 12.5. The molecule has 4 nitrogen and oxygen atoms in total. The topological polar surface area (TPSA) is 46.9 Å². The van der Waals surface area contributed by atoms with Crippen LogP contribution in [0.15, 0.2) is 0 Å². The van der Waals surface area contributed by atoms with Crippen LogP contribution < -0.4 is 5.32 Å². The van der Waals surface area contributed by atoms with Crippen LogP contribution in [0.5, 0.6) is 0 Å². The van der Waals surface area contributed by atoms with Gasteiger partial charge in [0, 0.05) is 12.0 Å². The van der Waals surface area contributed by atoms with Crippen LogP contribution >= 0.6 is 11.6 Å². The number of nitrogens with zero attached hydrogens (tertiary/aromatic N) is 2. The number of alkyl halides is 2. The van der Waals surface area contributed by atoms with Crippen LogP contribution in [0.3, 0.4) is 0 Å². The van der Waals surface area contributed by atoms with Crippen molar-refractivity contribution < 1.29 is 13.6 Å². The van der Waals surface area contributed by atoms with E-state index in [0.29, 0.717) is 17.5 Å². The number of carbonyl (C=O) groups excluding carboxylic acids is 1. The summed E-state index contributed by atoms with van der Waals surface area (Å²) in [6.45, 7) is -0.0128. The summed E-state index contributed by atoms with van der Waals surface area (Å²) >= 11 is 6.14. The summed E-state index contributed by atoms with van der Waals surface area (Å²) in [5.74, 6) is 2.93. The number of rotatable bonds is 5. The van der Waals surface area contributed by atoms with E-state index in [1.165, 1.54) is 36.8 Å².